The summed E-state index contributed by atoms with van der Waals surface area (Å²) in [4.78, 5) is 135. The van der Waals surface area contributed by atoms with Gasteiger partial charge in [0.05, 0.1) is 36.7 Å². The number of rotatable bonds is 22. The van der Waals surface area contributed by atoms with Crippen LogP contribution in [0.5, 0.6) is 0 Å². The van der Waals surface area contributed by atoms with Crippen molar-refractivity contribution in [3.8, 4) is 0 Å². The third-order valence-electron chi connectivity index (χ3n) is 15.7. The number of Topliss-reactive ketones (excluding diaryl/α,β-unsaturated/α-hetero) is 1. The molecular weight excluding hydrogens is 1120 g/mol. The second kappa shape index (κ2) is 27.2. The Balaban J connectivity index is 1.32. The maximum Gasteiger partial charge on any atom is 0.408 e. The van der Waals surface area contributed by atoms with Gasteiger partial charge < -0.3 is 68.0 Å². The van der Waals surface area contributed by atoms with Gasteiger partial charge in [0.15, 0.2) is 35.8 Å². The van der Waals surface area contributed by atoms with Crippen molar-refractivity contribution in [3.63, 3.8) is 0 Å². The van der Waals surface area contributed by atoms with E-state index in [0.717, 1.165) is 13.1 Å². The zero-order chi connectivity index (χ0) is 63.0. The van der Waals surface area contributed by atoms with Crippen molar-refractivity contribution in [2.24, 2.45) is 27.8 Å². The number of esters is 7. The fraction of sp³-hybridized carbons (Fsp3) is 0.576. The summed E-state index contributed by atoms with van der Waals surface area (Å²) in [5, 5.41) is 44.2. The SMILES string of the molecule is COCCOC(=O)C(C)OC(=O)CC(=O)OCC(=O)NN=CC(C)CC(=O)OC(C(=O)OC1C(C)=C2C(O)C(=O)C3(C)C(O)CC4OCC4(OC(C)=O)C3CC(OC(=O)c3ccccc3)(C1O)C2(C)C)C(NC(=O)OC(C)(C)C)c1ccccc1. The van der Waals surface area contributed by atoms with Crippen LogP contribution < -0.4 is 10.7 Å². The highest BCUT2D eigenvalue weighted by Crippen LogP contribution is 2.64. The summed E-state index contributed by atoms with van der Waals surface area (Å²) in [6.07, 6.45) is -14.6. The Kier molecular flexibility index (Phi) is 21.2. The van der Waals surface area contributed by atoms with Crippen molar-refractivity contribution in [2.45, 2.75) is 160 Å². The number of nitrogens with one attached hydrogen (secondary N) is 2. The monoisotopic (exact) mass is 1190 g/mol. The van der Waals surface area contributed by atoms with Crippen molar-refractivity contribution in [2.75, 3.05) is 33.5 Å². The lowest BCUT2D eigenvalue weighted by Gasteiger charge is -2.66. The number of alkyl carbamates (subject to hydrolysis) is 1. The molecule has 4 aliphatic rings. The second-order valence-corrected chi connectivity index (χ2v) is 23.1. The zero-order valence-corrected chi connectivity index (χ0v) is 49.2. The van der Waals surface area contributed by atoms with Crippen LogP contribution in [0.15, 0.2) is 76.9 Å². The van der Waals surface area contributed by atoms with Gasteiger partial charge in [-0.3, -0.25) is 28.8 Å². The van der Waals surface area contributed by atoms with E-state index in [1.54, 1.807) is 57.2 Å². The second-order valence-electron chi connectivity index (χ2n) is 23.1. The molecule has 2 aromatic rings. The summed E-state index contributed by atoms with van der Waals surface area (Å²) < 4.78 is 55.6. The molecule has 2 amide bonds. The van der Waals surface area contributed by atoms with E-state index in [2.05, 4.69) is 15.8 Å². The van der Waals surface area contributed by atoms with Gasteiger partial charge in [-0.25, -0.2) is 24.6 Å². The summed E-state index contributed by atoms with van der Waals surface area (Å²) in [5.41, 5.74) is -6.85. The van der Waals surface area contributed by atoms with Gasteiger partial charge in [-0.05, 0) is 76.8 Å². The Morgan fingerprint density at radius 2 is 1.49 bits per heavy atom. The van der Waals surface area contributed by atoms with Crippen LogP contribution in [0.25, 0.3) is 0 Å². The van der Waals surface area contributed by atoms with Gasteiger partial charge >= 0.3 is 47.9 Å². The van der Waals surface area contributed by atoms with Gasteiger partial charge in [0, 0.05) is 43.9 Å². The van der Waals surface area contributed by atoms with Gasteiger partial charge in [0.1, 0.15) is 43.0 Å². The highest BCUT2D eigenvalue weighted by atomic mass is 16.6. The molecule has 26 nitrogen and oxygen atoms in total. The number of methoxy groups -OCH3 is 1. The van der Waals surface area contributed by atoms with Crippen LogP contribution in [-0.2, 0) is 85.7 Å². The number of fused-ring (bicyclic) bond motifs is 5. The predicted molar refractivity (Wildman–Crippen MR) is 292 cm³/mol. The maximum absolute atomic E-state index is 15.3. The molecule has 1 saturated heterocycles. The Morgan fingerprint density at radius 3 is 2.09 bits per heavy atom. The molecule has 6 rings (SSSR count). The van der Waals surface area contributed by atoms with E-state index in [9.17, 15) is 53.7 Å². The molecular formula is C59H75N3O23. The normalized spacial score (nSPS) is 27.2. The Morgan fingerprint density at radius 1 is 0.847 bits per heavy atom. The van der Waals surface area contributed by atoms with Gasteiger partial charge in [0.25, 0.3) is 5.91 Å². The summed E-state index contributed by atoms with van der Waals surface area (Å²) in [6.45, 7) is 13.2. The molecule has 1 aliphatic heterocycles. The third-order valence-corrected chi connectivity index (χ3v) is 15.7. The van der Waals surface area contributed by atoms with E-state index in [4.69, 9.17) is 47.4 Å². The van der Waals surface area contributed by atoms with Crippen molar-refractivity contribution in [3.05, 3.63) is 82.9 Å². The summed E-state index contributed by atoms with van der Waals surface area (Å²) in [7, 11) is 1.39. The number of hydrogen-bond donors (Lipinski definition) is 5. The van der Waals surface area contributed by atoms with E-state index in [1.165, 1.54) is 72.9 Å². The molecule has 0 radical (unpaired) electrons. The highest BCUT2D eigenvalue weighted by Gasteiger charge is 2.76. The van der Waals surface area contributed by atoms with Crippen LogP contribution >= 0.6 is 0 Å². The number of carbonyl (C=O) groups excluding carboxylic acids is 10. The first-order valence-corrected chi connectivity index (χ1v) is 27.5. The van der Waals surface area contributed by atoms with Crippen molar-refractivity contribution >= 4 is 65.8 Å². The van der Waals surface area contributed by atoms with Crippen molar-refractivity contribution in [1.29, 1.82) is 0 Å². The predicted octanol–water partition coefficient (Wildman–Crippen LogP) is 2.99. The molecule has 26 heteroatoms. The lowest BCUT2D eigenvalue weighted by Crippen LogP contribution is -2.79. The largest absolute Gasteiger partial charge is 0.461 e. The average Bonchev–Trinajstić information content (AvgIpc) is 0.690. The molecule has 0 spiro atoms. The lowest BCUT2D eigenvalue weighted by molar-refractivity contribution is -0.330. The van der Waals surface area contributed by atoms with Gasteiger partial charge in [0.2, 0.25) is 6.10 Å². The molecule has 2 saturated carbocycles. The van der Waals surface area contributed by atoms with E-state index >= 15 is 9.59 Å². The van der Waals surface area contributed by atoms with E-state index in [0.29, 0.717) is 0 Å². The number of aliphatic hydroxyl groups excluding tert-OH is 3. The summed E-state index contributed by atoms with van der Waals surface area (Å²) in [5.74, 6) is -11.7. The van der Waals surface area contributed by atoms with Gasteiger partial charge in [-0.15, -0.1) is 0 Å². The molecule has 5 N–H and O–H groups in total. The first-order chi connectivity index (χ1) is 39.8. The van der Waals surface area contributed by atoms with Gasteiger partial charge in [-0.2, -0.15) is 5.10 Å². The Hall–Kier alpha value is -7.65. The van der Waals surface area contributed by atoms with Crippen LogP contribution in [0.4, 0.5) is 4.79 Å². The lowest BCUT2D eigenvalue weighted by atomic mass is 9.45. The maximum atomic E-state index is 15.3. The minimum Gasteiger partial charge on any atom is -0.461 e. The molecule has 2 bridgehead atoms. The van der Waals surface area contributed by atoms with E-state index in [-0.39, 0.29) is 48.5 Å². The standard InChI is InChI=1S/C59H75N3O23/c1-31(28-60-62-40(65)29-78-41(66)26-43(68)80-33(3)51(72)77-23-22-76-11)24-42(67)81-48(45(35-18-14-12-15-19-35)61-54(75)85-55(5,6)7)53(74)82-47-32(2)44-46(69)49(70)57(10)37(58(83-34(4)63)30-79-39(58)25-38(57)64)27-59(50(47)71,56(44,8)9)84-52(73)36-20-16-13-17-21-36/h12-21,28,31,33,37-39,45-48,50,64,69,71H,22-27,29-30H2,1-11H3,(H,61,75)(H,62,65). The van der Waals surface area contributed by atoms with Gasteiger partial charge in [-0.1, -0.05) is 69.3 Å². The number of ether oxygens (including phenoxy) is 10. The topological polar surface area (TPSA) is 360 Å². The number of amides is 2. The smallest absolute Gasteiger partial charge is 0.408 e. The fourth-order valence-corrected chi connectivity index (χ4v) is 11.5. The van der Waals surface area contributed by atoms with Crippen LogP contribution in [-0.4, -0.2) is 174 Å². The van der Waals surface area contributed by atoms with Crippen LogP contribution in [0.3, 0.4) is 0 Å². The molecule has 2 aromatic carbocycles. The molecule has 1 heterocycles. The molecule has 3 aliphatic carbocycles. The number of ketones is 1. The van der Waals surface area contributed by atoms with Crippen LogP contribution in [0, 0.1) is 22.7 Å². The number of carbonyl (C=O) groups is 10. The number of hydrazone groups is 1. The summed E-state index contributed by atoms with van der Waals surface area (Å²) in [6, 6.07) is 13.8. The zero-order valence-electron chi connectivity index (χ0n) is 49.2. The highest BCUT2D eigenvalue weighted by molar-refractivity contribution is 5.95. The fourth-order valence-electron chi connectivity index (χ4n) is 11.5. The minimum absolute atomic E-state index is 0.00314. The minimum atomic E-state index is -2.36. The number of aliphatic hydroxyl groups is 3. The quantitative estimate of drug-likeness (QED) is 0.0215. The van der Waals surface area contributed by atoms with E-state index in [1.807, 2.05) is 0 Å². The van der Waals surface area contributed by atoms with Crippen molar-refractivity contribution < 1.29 is 111 Å². The first kappa shape index (κ1) is 66.5. The average molecular weight is 1190 g/mol. The van der Waals surface area contributed by atoms with Crippen LogP contribution in [0.2, 0.25) is 0 Å². The van der Waals surface area contributed by atoms with E-state index < -0.39 is 174 Å². The van der Waals surface area contributed by atoms with Crippen molar-refractivity contribution in [1.82, 2.24) is 10.7 Å². The summed E-state index contributed by atoms with van der Waals surface area (Å²) >= 11 is 0. The number of hydrogen-bond acceptors (Lipinski definition) is 24. The Bertz CT molecular complexity index is 2910. The first-order valence-electron chi connectivity index (χ1n) is 27.5. The number of benzene rings is 2. The molecule has 0 aromatic heterocycles. The molecule has 85 heavy (non-hydrogen) atoms. The number of nitrogens with zero attached hydrogens (tertiary/aromatic N) is 1. The molecule has 464 valence electrons. The van der Waals surface area contributed by atoms with Crippen LogP contribution in [0.1, 0.15) is 117 Å². The Labute approximate surface area is 490 Å². The third kappa shape index (κ3) is 14.7. The molecule has 3 fully saturated rings. The molecule has 13 unspecified atom stereocenters. The molecule has 13 atom stereocenters.